The number of hydrogen-bond donors (Lipinski definition) is 1. The van der Waals surface area contributed by atoms with Crippen LogP contribution in [-0.4, -0.2) is 9.55 Å². The number of nitrogens with zero attached hydrogens (tertiary/aromatic N) is 1. The number of aromatic nitrogens is 2. The summed E-state index contributed by atoms with van der Waals surface area (Å²) in [5.41, 5.74) is 1.26. The molecule has 0 aliphatic carbocycles. The molecule has 0 amide bonds. The predicted molar refractivity (Wildman–Crippen MR) is 66.8 cm³/mol. The molecule has 1 aromatic carbocycles. The van der Waals surface area contributed by atoms with Crippen LogP contribution in [0.3, 0.4) is 0 Å². The minimum absolute atomic E-state index is 0.236. The van der Waals surface area contributed by atoms with E-state index in [0.29, 0.717) is 23.4 Å². The molecule has 0 saturated heterocycles. The standard InChI is InChI=1S/C13H14N2O2/c1-3-11-9(2)14-13(17)15(12(11)16)10-7-5-4-6-8-10/h4-8H,3H2,1-2H3,(H,14,17). The monoisotopic (exact) mass is 230 g/mol. The van der Waals surface area contributed by atoms with E-state index in [4.69, 9.17) is 0 Å². The molecular formula is C13H14N2O2. The Morgan fingerprint density at radius 3 is 2.41 bits per heavy atom. The summed E-state index contributed by atoms with van der Waals surface area (Å²) >= 11 is 0. The number of aromatic amines is 1. The molecule has 0 atom stereocenters. The lowest BCUT2D eigenvalue weighted by molar-refractivity contribution is 0.821. The molecule has 1 N–H and O–H groups in total. The Morgan fingerprint density at radius 2 is 1.82 bits per heavy atom. The van der Waals surface area contributed by atoms with Gasteiger partial charge in [0.15, 0.2) is 0 Å². The molecule has 4 nitrogen and oxygen atoms in total. The third kappa shape index (κ3) is 1.93. The smallest absolute Gasteiger partial charge is 0.311 e. The van der Waals surface area contributed by atoms with Gasteiger partial charge >= 0.3 is 5.69 Å². The van der Waals surface area contributed by atoms with Gasteiger partial charge in [-0.25, -0.2) is 9.36 Å². The zero-order valence-electron chi connectivity index (χ0n) is 9.86. The second-order valence-electron chi connectivity index (χ2n) is 3.86. The highest BCUT2D eigenvalue weighted by molar-refractivity contribution is 5.32. The average Bonchev–Trinajstić information content (AvgIpc) is 2.30. The summed E-state index contributed by atoms with van der Waals surface area (Å²) < 4.78 is 1.17. The maximum atomic E-state index is 12.2. The van der Waals surface area contributed by atoms with Crippen molar-refractivity contribution in [1.29, 1.82) is 0 Å². The first kappa shape index (κ1) is 11.4. The highest BCUT2D eigenvalue weighted by Gasteiger charge is 2.10. The van der Waals surface area contributed by atoms with Gasteiger partial charge in [0, 0.05) is 11.3 Å². The Kier molecular flexibility index (Phi) is 2.95. The fourth-order valence-electron chi connectivity index (χ4n) is 1.91. The molecule has 1 heterocycles. The molecule has 0 aliphatic rings. The summed E-state index contributed by atoms with van der Waals surface area (Å²) in [5.74, 6) is 0. The van der Waals surface area contributed by atoms with Gasteiger partial charge in [-0.15, -0.1) is 0 Å². The molecule has 17 heavy (non-hydrogen) atoms. The van der Waals surface area contributed by atoms with E-state index in [1.165, 1.54) is 4.57 Å². The molecule has 2 rings (SSSR count). The van der Waals surface area contributed by atoms with Gasteiger partial charge < -0.3 is 4.98 Å². The molecule has 88 valence electrons. The van der Waals surface area contributed by atoms with Crippen LogP contribution in [0.5, 0.6) is 0 Å². The van der Waals surface area contributed by atoms with Crippen LogP contribution in [0.1, 0.15) is 18.2 Å². The van der Waals surface area contributed by atoms with Gasteiger partial charge in [-0.3, -0.25) is 4.79 Å². The van der Waals surface area contributed by atoms with Gasteiger partial charge in [0.1, 0.15) is 0 Å². The van der Waals surface area contributed by atoms with Crippen molar-refractivity contribution in [3.63, 3.8) is 0 Å². The maximum absolute atomic E-state index is 12.2. The zero-order valence-corrected chi connectivity index (χ0v) is 9.86. The van der Waals surface area contributed by atoms with E-state index in [0.717, 1.165) is 0 Å². The Bertz CT molecular complexity index is 639. The molecule has 0 spiro atoms. The highest BCUT2D eigenvalue weighted by Crippen LogP contribution is 2.03. The first-order valence-electron chi connectivity index (χ1n) is 5.55. The minimum atomic E-state index is -0.393. The van der Waals surface area contributed by atoms with Gasteiger partial charge in [-0.05, 0) is 25.5 Å². The summed E-state index contributed by atoms with van der Waals surface area (Å²) in [4.78, 5) is 26.7. The SMILES string of the molecule is CCc1c(C)[nH]c(=O)n(-c2ccccc2)c1=O. The van der Waals surface area contributed by atoms with Crippen LogP contribution in [0.2, 0.25) is 0 Å². The molecule has 0 fully saturated rings. The van der Waals surface area contributed by atoms with Crippen LogP contribution in [0, 0.1) is 6.92 Å². The maximum Gasteiger partial charge on any atom is 0.333 e. The summed E-state index contributed by atoms with van der Waals surface area (Å²) in [7, 11) is 0. The van der Waals surface area contributed by atoms with Gasteiger partial charge in [0.05, 0.1) is 5.69 Å². The first-order chi connectivity index (χ1) is 8.15. The van der Waals surface area contributed by atoms with Crippen molar-refractivity contribution < 1.29 is 0 Å². The fraction of sp³-hybridized carbons (Fsp3) is 0.231. The fourth-order valence-corrected chi connectivity index (χ4v) is 1.91. The van der Waals surface area contributed by atoms with E-state index in [9.17, 15) is 9.59 Å². The number of rotatable bonds is 2. The second-order valence-corrected chi connectivity index (χ2v) is 3.86. The van der Waals surface area contributed by atoms with Crippen molar-refractivity contribution in [3.8, 4) is 5.69 Å². The third-order valence-electron chi connectivity index (χ3n) is 2.78. The molecule has 0 bridgehead atoms. The Morgan fingerprint density at radius 1 is 1.18 bits per heavy atom. The lowest BCUT2D eigenvalue weighted by Crippen LogP contribution is -2.36. The Labute approximate surface area is 98.6 Å². The van der Waals surface area contributed by atoms with Gasteiger partial charge in [-0.2, -0.15) is 0 Å². The van der Waals surface area contributed by atoms with Crippen LogP contribution in [0.25, 0.3) is 5.69 Å². The first-order valence-corrected chi connectivity index (χ1v) is 5.55. The number of H-pyrrole nitrogens is 1. The van der Waals surface area contributed by atoms with Crippen LogP contribution in [-0.2, 0) is 6.42 Å². The normalized spacial score (nSPS) is 10.5. The quantitative estimate of drug-likeness (QED) is 0.847. The van der Waals surface area contributed by atoms with E-state index < -0.39 is 5.69 Å². The molecule has 4 heteroatoms. The van der Waals surface area contributed by atoms with Gasteiger partial charge in [0.2, 0.25) is 0 Å². The van der Waals surface area contributed by atoms with Crippen molar-refractivity contribution in [2.75, 3.05) is 0 Å². The van der Waals surface area contributed by atoms with E-state index in [1.807, 2.05) is 13.0 Å². The van der Waals surface area contributed by atoms with Gasteiger partial charge in [-0.1, -0.05) is 25.1 Å². The topological polar surface area (TPSA) is 54.9 Å². The van der Waals surface area contributed by atoms with Gasteiger partial charge in [0.25, 0.3) is 5.56 Å². The van der Waals surface area contributed by atoms with E-state index in [-0.39, 0.29) is 5.56 Å². The molecule has 1 aromatic heterocycles. The Balaban J connectivity index is 2.80. The summed E-state index contributed by atoms with van der Waals surface area (Å²) in [6, 6.07) is 8.92. The van der Waals surface area contributed by atoms with Crippen molar-refractivity contribution in [3.05, 3.63) is 62.4 Å². The van der Waals surface area contributed by atoms with Crippen LogP contribution in [0.15, 0.2) is 39.9 Å². The van der Waals surface area contributed by atoms with Crippen LogP contribution in [0.4, 0.5) is 0 Å². The molecule has 0 saturated carbocycles. The summed E-state index contributed by atoms with van der Waals surface area (Å²) in [5, 5.41) is 0. The highest BCUT2D eigenvalue weighted by atomic mass is 16.2. The van der Waals surface area contributed by atoms with Crippen LogP contribution < -0.4 is 11.2 Å². The number of nitrogens with one attached hydrogen (secondary N) is 1. The van der Waals surface area contributed by atoms with Crippen molar-refractivity contribution >= 4 is 0 Å². The van der Waals surface area contributed by atoms with E-state index in [2.05, 4.69) is 4.98 Å². The molecule has 2 aromatic rings. The predicted octanol–water partition coefficient (Wildman–Crippen LogP) is 1.40. The van der Waals surface area contributed by atoms with E-state index in [1.54, 1.807) is 31.2 Å². The molecular weight excluding hydrogens is 216 g/mol. The minimum Gasteiger partial charge on any atom is -0.311 e. The lowest BCUT2D eigenvalue weighted by Gasteiger charge is -2.08. The lowest BCUT2D eigenvalue weighted by atomic mass is 10.2. The summed E-state index contributed by atoms with van der Waals surface area (Å²) in [6.07, 6.45) is 0.605. The van der Waals surface area contributed by atoms with Crippen molar-refractivity contribution in [2.24, 2.45) is 0 Å². The number of aryl methyl sites for hydroxylation is 1. The Hall–Kier alpha value is -2.10. The molecule has 0 aliphatic heterocycles. The molecule has 0 unspecified atom stereocenters. The number of benzene rings is 1. The van der Waals surface area contributed by atoms with Crippen molar-refractivity contribution in [2.45, 2.75) is 20.3 Å². The number of hydrogen-bond acceptors (Lipinski definition) is 2. The summed E-state index contributed by atoms with van der Waals surface area (Å²) in [6.45, 7) is 3.65. The third-order valence-corrected chi connectivity index (χ3v) is 2.78. The van der Waals surface area contributed by atoms with E-state index >= 15 is 0 Å². The largest absolute Gasteiger partial charge is 0.333 e. The van der Waals surface area contributed by atoms with Crippen LogP contribution >= 0.6 is 0 Å². The second kappa shape index (κ2) is 4.41. The molecule has 0 radical (unpaired) electrons. The zero-order chi connectivity index (χ0) is 12.4. The average molecular weight is 230 g/mol. The van der Waals surface area contributed by atoms with Crippen molar-refractivity contribution in [1.82, 2.24) is 9.55 Å². The number of para-hydroxylation sites is 1.